The lowest BCUT2D eigenvalue weighted by Crippen LogP contribution is -2.18. The van der Waals surface area contributed by atoms with Crippen LogP contribution in [0, 0.1) is 5.92 Å². The van der Waals surface area contributed by atoms with E-state index in [0.29, 0.717) is 25.0 Å². The molecule has 1 N–H and O–H groups in total. The van der Waals surface area contributed by atoms with Crippen molar-refractivity contribution in [3.8, 4) is 0 Å². The summed E-state index contributed by atoms with van der Waals surface area (Å²) in [6.45, 7) is 7.07. The molecule has 1 aromatic heterocycles. The standard InChI is InChI=1S/C14H26N2O2/c1-5-12(3)16-7-6-13(15-16)9-14(17)8-11(2)10-18-4/h6-7,11-12,14,17H,5,8-10H2,1-4H3. The molecule has 1 rings (SSSR count). The third kappa shape index (κ3) is 4.78. The highest BCUT2D eigenvalue weighted by Gasteiger charge is 2.13. The normalized spacial score (nSPS) is 16.5. The summed E-state index contributed by atoms with van der Waals surface area (Å²) in [6.07, 6.45) is 4.10. The van der Waals surface area contributed by atoms with E-state index < -0.39 is 0 Å². The Kier molecular flexibility index (Phi) is 6.36. The molecule has 1 aromatic rings. The average molecular weight is 254 g/mol. The van der Waals surface area contributed by atoms with Gasteiger partial charge < -0.3 is 9.84 Å². The summed E-state index contributed by atoms with van der Waals surface area (Å²) in [5.41, 5.74) is 0.965. The molecule has 4 nitrogen and oxygen atoms in total. The summed E-state index contributed by atoms with van der Waals surface area (Å²) >= 11 is 0. The van der Waals surface area contributed by atoms with Crippen LogP contribution >= 0.6 is 0 Å². The second kappa shape index (κ2) is 7.54. The zero-order valence-electron chi connectivity index (χ0n) is 12.0. The molecule has 0 radical (unpaired) electrons. The maximum atomic E-state index is 10.00. The largest absolute Gasteiger partial charge is 0.393 e. The molecule has 3 atom stereocenters. The van der Waals surface area contributed by atoms with Gasteiger partial charge in [0, 0.05) is 32.4 Å². The molecule has 0 spiro atoms. The van der Waals surface area contributed by atoms with Gasteiger partial charge in [-0.25, -0.2) is 0 Å². The van der Waals surface area contributed by atoms with E-state index in [0.717, 1.165) is 18.5 Å². The lowest BCUT2D eigenvalue weighted by atomic mass is 10.0. The molecule has 0 aromatic carbocycles. The monoisotopic (exact) mass is 254 g/mol. The number of hydrogen-bond donors (Lipinski definition) is 1. The quantitative estimate of drug-likeness (QED) is 0.775. The van der Waals surface area contributed by atoms with Gasteiger partial charge in [0.1, 0.15) is 0 Å². The predicted octanol–water partition coefficient (Wildman–Crippen LogP) is 2.43. The van der Waals surface area contributed by atoms with Crippen LogP contribution < -0.4 is 0 Å². The van der Waals surface area contributed by atoms with Gasteiger partial charge in [-0.3, -0.25) is 4.68 Å². The number of ether oxygens (including phenoxy) is 1. The highest BCUT2D eigenvalue weighted by molar-refractivity contribution is 5.01. The molecule has 0 saturated carbocycles. The third-order valence-corrected chi connectivity index (χ3v) is 3.28. The Hall–Kier alpha value is -0.870. The fourth-order valence-corrected chi connectivity index (χ4v) is 2.06. The Morgan fingerprint density at radius 3 is 2.78 bits per heavy atom. The fourth-order valence-electron chi connectivity index (χ4n) is 2.06. The highest BCUT2D eigenvalue weighted by Crippen LogP contribution is 2.13. The van der Waals surface area contributed by atoms with Crippen molar-refractivity contribution in [3.05, 3.63) is 18.0 Å². The number of nitrogens with zero attached hydrogens (tertiary/aromatic N) is 2. The number of hydrogen-bond acceptors (Lipinski definition) is 3. The smallest absolute Gasteiger partial charge is 0.0650 e. The molecule has 0 aliphatic rings. The van der Waals surface area contributed by atoms with Gasteiger partial charge in [-0.15, -0.1) is 0 Å². The summed E-state index contributed by atoms with van der Waals surface area (Å²) in [7, 11) is 1.69. The molecule has 0 fully saturated rings. The molecule has 1 heterocycles. The van der Waals surface area contributed by atoms with Crippen molar-refractivity contribution in [2.24, 2.45) is 5.92 Å². The van der Waals surface area contributed by atoms with Gasteiger partial charge in [-0.05, 0) is 31.7 Å². The number of aliphatic hydroxyl groups excluding tert-OH is 1. The summed E-state index contributed by atoms with van der Waals surface area (Å²) in [5.74, 6) is 0.377. The lowest BCUT2D eigenvalue weighted by Gasteiger charge is -2.14. The first-order chi connectivity index (χ1) is 8.56. The van der Waals surface area contributed by atoms with Gasteiger partial charge >= 0.3 is 0 Å². The summed E-state index contributed by atoms with van der Waals surface area (Å²) in [4.78, 5) is 0. The minimum Gasteiger partial charge on any atom is -0.393 e. The van der Waals surface area contributed by atoms with Gasteiger partial charge in [-0.1, -0.05) is 13.8 Å². The van der Waals surface area contributed by atoms with Crippen LogP contribution in [-0.4, -0.2) is 34.7 Å². The van der Waals surface area contributed by atoms with E-state index in [2.05, 4.69) is 25.9 Å². The van der Waals surface area contributed by atoms with E-state index >= 15 is 0 Å². The van der Waals surface area contributed by atoms with E-state index in [1.54, 1.807) is 7.11 Å². The van der Waals surface area contributed by atoms with Crippen molar-refractivity contribution >= 4 is 0 Å². The van der Waals surface area contributed by atoms with Gasteiger partial charge in [-0.2, -0.15) is 5.10 Å². The summed E-state index contributed by atoms with van der Waals surface area (Å²) in [5, 5.41) is 14.5. The van der Waals surface area contributed by atoms with Crippen molar-refractivity contribution in [2.45, 2.75) is 52.2 Å². The van der Waals surface area contributed by atoms with E-state index in [1.807, 2.05) is 16.9 Å². The predicted molar refractivity (Wildman–Crippen MR) is 72.6 cm³/mol. The molecular weight excluding hydrogens is 228 g/mol. The molecule has 0 aliphatic heterocycles. The first kappa shape index (κ1) is 15.2. The first-order valence-corrected chi connectivity index (χ1v) is 6.77. The maximum Gasteiger partial charge on any atom is 0.0650 e. The van der Waals surface area contributed by atoms with Gasteiger partial charge in [0.15, 0.2) is 0 Å². The minimum atomic E-state index is -0.338. The Morgan fingerprint density at radius 2 is 2.17 bits per heavy atom. The SMILES string of the molecule is CCC(C)n1ccc(CC(O)CC(C)COC)n1. The van der Waals surface area contributed by atoms with Crippen LogP contribution in [0.3, 0.4) is 0 Å². The summed E-state index contributed by atoms with van der Waals surface area (Å²) < 4.78 is 7.05. The Labute approximate surface area is 110 Å². The van der Waals surface area contributed by atoms with Crippen molar-refractivity contribution < 1.29 is 9.84 Å². The van der Waals surface area contributed by atoms with E-state index in [-0.39, 0.29) is 6.10 Å². The number of methoxy groups -OCH3 is 1. The molecule has 104 valence electrons. The number of rotatable bonds is 8. The summed E-state index contributed by atoms with van der Waals surface area (Å²) in [6, 6.07) is 2.42. The van der Waals surface area contributed by atoms with Crippen LogP contribution in [0.25, 0.3) is 0 Å². The third-order valence-electron chi connectivity index (χ3n) is 3.28. The molecular formula is C14H26N2O2. The van der Waals surface area contributed by atoms with Crippen molar-refractivity contribution in [1.29, 1.82) is 0 Å². The molecule has 18 heavy (non-hydrogen) atoms. The molecule has 0 saturated heterocycles. The molecule has 4 heteroatoms. The van der Waals surface area contributed by atoms with Crippen molar-refractivity contribution in [3.63, 3.8) is 0 Å². The maximum absolute atomic E-state index is 10.00. The van der Waals surface area contributed by atoms with Crippen LogP contribution in [0.2, 0.25) is 0 Å². The molecule has 0 amide bonds. The molecule has 3 unspecified atom stereocenters. The average Bonchev–Trinajstić information content (AvgIpc) is 2.76. The number of aromatic nitrogens is 2. The van der Waals surface area contributed by atoms with Gasteiger partial charge in [0.2, 0.25) is 0 Å². The van der Waals surface area contributed by atoms with Gasteiger partial charge in [0.05, 0.1) is 11.8 Å². The zero-order chi connectivity index (χ0) is 13.5. The van der Waals surface area contributed by atoms with Crippen LogP contribution in [0.15, 0.2) is 12.3 Å². The minimum absolute atomic E-state index is 0.338. The second-order valence-corrected chi connectivity index (χ2v) is 5.20. The van der Waals surface area contributed by atoms with Crippen molar-refractivity contribution in [2.75, 3.05) is 13.7 Å². The lowest BCUT2D eigenvalue weighted by molar-refractivity contribution is 0.101. The highest BCUT2D eigenvalue weighted by atomic mass is 16.5. The molecule has 0 bridgehead atoms. The van der Waals surface area contributed by atoms with Crippen LogP contribution in [0.1, 0.15) is 45.3 Å². The van der Waals surface area contributed by atoms with E-state index in [1.165, 1.54) is 0 Å². The topological polar surface area (TPSA) is 47.3 Å². The Balaban J connectivity index is 2.44. The van der Waals surface area contributed by atoms with Crippen LogP contribution in [0.4, 0.5) is 0 Å². The van der Waals surface area contributed by atoms with Gasteiger partial charge in [0.25, 0.3) is 0 Å². The Bertz CT molecular complexity index is 338. The fraction of sp³-hybridized carbons (Fsp3) is 0.786. The second-order valence-electron chi connectivity index (χ2n) is 5.20. The van der Waals surface area contributed by atoms with Crippen molar-refractivity contribution in [1.82, 2.24) is 9.78 Å². The van der Waals surface area contributed by atoms with Crippen LogP contribution in [-0.2, 0) is 11.2 Å². The molecule has 0 aliphatic carbocycles. The van der Waals surface area contributed by atoms with E-state index in [9.17, 15) is 5.11 Å². The van der Waals surface area contributed by atoms with E-state index in [4.69, 9.17) is 4.74 Å². The zero-order valence-corrected chi connectivity index (χ0v) is 12.0. The number of aliphatic hydroxyl groups is 1. The first-order valence-electron chi connectivity index (χ1n) is 6.77. The Morgan fingerprint density at radius 1 is 1.44 bits per heavy atom. The van der Waals surface area contributed by atoms with Crippen LogP contribution in [0.5, 0.6) is 0 Å².